The van der Waals surface area contributed by atoms with Gasteiger partial charge in [-0.05, 0) is 62.1 Å². The van der Waals surface area contributed by atoms with Crippen LogP contribution in [0.3, 0.4) is 0 Å². The lowest BCUT2D eigenvalue weighted by Gasteiger charge is -2.35. The maximum absolute atomic E-state index is 13.7. The van der Waals surface area contributed by atoms with Crippen LogP contribution in [0.2, 0.25) is 10.0 Å². The zero-order valence-electron chi connectivity index (χ0n) is 18.3. The van der Waals surface area contributed by atoms with Crippen molar-refractivity contribution in [2.24, 2.45) is 0 Å². The van der Waals surface area contributed by atoms with Crippen molar-refractivity contribution < 1.29 is 32.3 Å². The SMILES string of the molecule is O=C(NOC1CCCCO1)C1(S(=O)(=O)c2ccc(Oc3ccc(Cl)c(Cl)c3)cc2)CCOCC1. The van der Waals surface area contributed by atoms with Crippen LogP contribution in [0, 0.1) is 0 Å². The van der Waals surface area contributed by atoms with Crippen molar-refractivity contribution in [2.45, 2.75) is 48.0 Å². The molecule has 2 aliphatic rings. The van der Waals surface area contributed by atoms with Gasteiger partial charge >= 0.3 is 0 Å². The molecule has 1 amide bonds. The highest BCUT2D eigenvalue weighted by molar-refractivity contribution is 7.93. The number of rotatable bonds is 7. The normalized spacial score (nSPS) is 20.5. The summed E-state index contributed by atoms with van der Waals surface area (Å²) in [4.78, 5) is 18.6. The third-order valence-corrected chi connectivity index (χ3v) is 9.16. The molecular weight excluding hydrogens is 505 g/mol. The second-order valence-corrected chi connectivity index (χ2v) is 11.2. The minimum atomic E-state index is -4.08. The van der Waals surface area contributed by atoms with Crippen LogP contribution >= 0.6 is 23.2 Å². The highest BCUT2D eigenvalue weighted by Crippen LogP contribution is 2.37. The van der Waals surface area contributed by atoms with E-state index in [1.807, 2.05) is 0 Å². The van der Waals surface area contributed by atoms with Gasteiger partial charge in [0, 0.05) is 32.3 Å². The minimum Gasteiger partial charge on any atom is -0.457 e. The molecule has 34 heavy (non-hydrogen) atoms. The number of hydroxylamine groups is 1. The molecule has 2 fully saturated rings. The molecule has 8 nitrogen and oxygen atoms in total. The summed E-state index contributed by atoms with van der Waals surface area (Å²) in [5.74, 6) is 0.133. The maximum Gasteiger partial charge on any atom is 0.265 e. The van der Waals surface area contributed by atoms with E-state index in [9.17, 15) is 13.2 Å². The Morgan fingerprint density at radius 2 is 1.68 bits per heavy atom. The van der Waals surface area contributed by atoms with Gasteiger partial charge in [-0.25, -0.2) is 18.7 Å². The van der Waals surface area contributed by atoms with E-state index in [0.717, 1.165) is 12.8 Å². The molecule has 2 heterocycles. The van der Waals surface area contributed by atoms with Crippen molar-refractivity contribution in [3.63, 3.8) is 0 Å². The number of carbonyl (C=O) groups excluding carboxylic acids is 1. The molecule has 2 saturated heterocycles. The summed E-state index contributed by atoms with van der Waals surface area (Å²) in [6, 6.07) is 10.7. The van der Waals surface area contributed by atoms with E-state index in [0.29, 0.717) is 34.6 Å². The Labute approximate surface area is 208 Å². The van der Waals surface area contributed by atoms with Crippen LogP contribution in [0.15, 0.2) is 47.4 Å². The zero-order valence-corrected chi connectivity index (χ0v) is 20.6. The molecule has 0 spiro atoms. The van der Waals surface area contributed by atoms with Crippen LogP contribution < -0.4 is 10.2 Å². The highest BCUT2D eigenvalue weighted by Gasteiger charge is 2.52. The summed E-state index contributed by atoms with van der Waals surface area (Å²) in [6.45, 7) is 0.824. The van der Waals surface area contributed by atoms with Crippen LogP contribution in [0.25, 0.3) is 0 Å². The standard InChI is InChI=1S/C23H25Cl2NO7S/c24-19-9-6-17(15-20(19)25)32-16-4-7-18(8-5-16)34(28,29)23(10-13-30-14-11-23)22(27)26-33-21-3-1-2-12-31-21/h4-9,15,21H,1-3,10-14H2,(H,26,27). The predicted molar refractivity (Wildman–Crippen MR) is 126 cm³/mol. The molecule has 0 aromatic heterocycles. The van der Waals surface area contributed by atoms with Gasteiger partial charge in [-0.3, -0.25) is 4.79 Å². The summed E-state index contributed by atoms with van der Waals surface area (Å²) in [5.41, 5.74) is 2.35. The number of hydrogen-bond acceptors (Lipinski definition) is 7. The van der Waals surface area contributed by atoms with E-state index >= 15 is 0 Å². The molecule has 0 aliphatic carbocycles. The minimum absolute atomic E-state index is 0.0000417. The molecule has 11 heteroatoms. The van der Waals surface area contributed by atoms with Crippen molar-refractivity contribution >= 4 is 38.9 Å². The lowest BCUT2D eigenvalue weighted by Crippen LogP contribution is -2.56. The van der Waals surface area contributed by atoms with E-state index in [4.69, 9.17) is 42.3 Å². The summed E-state index contributed by atoms with van der Waals surface area (Å²) in [6.07, 6.45) is 1.90. The highest BCUT2D eigenvalue weighted by atomic mass is 35.5. The summed E-state index contributed by atoms with van der Waals surface area (Å²) in [5, 5.41) is 0.737. The summed E-state index contributed by atoms with van der Waals surface area (Å²) in [7, 11) is -4.08. The zero-order chi connectivity index (χ0) is 24.2. The first-order chi connectivity index (χ1) is 16.3. The van der Waals surface area contributed by atoms with Gasteiger partial charge in [0.25, 0.3) is 5.91 Å². The first-order valence-electron chi connectivity index (χ1n) is 10.9. The lowest BCUT2D eigenvalue weighted by molar-refractivity contribution is -0.202. The topological polar surface area (TPSA) is 100 Å². The van der Waals surface area contributed by atoms with Gasteiger partial charge < -0.3 is 14.2 Å². The molecule has 2 aliphatic heterocycles. The molecule has 184 valence electrons. The molecule has 0 saturated carbocycles. The van der Waals surface area contributed by atoms with Gasteiger partial charge in [0.05, 0.1) is 14.9 Å². The molecule has 2 aromatic carbocycles. The lowest BCUT2D eigenvalue weighted by atomic mass is 9.98. The van der Waals surface area contributed by atoms with Gasteiger partial charge in [-0.1, -0.05) is 23.2 Å². The van der Waals surface area contributed by atoms with Crippen molar-refractivity contribution in [3.05, 3.63) is 52.5 Å². The van der Waals surface area contributed by atoms with Gasteiger partial charge in [-0.15, -0.1) is 0 Å². The van der Waals surface area contributed by atoms with Crippen LogP contribution in [0.4, 0.5) is 0 Å². The van der Waals surface area contributed by atoms with Gasteiger partial charge in [-0.2, -0.15) is 0 Å². The molecule has 1 unspecified atom stereocenters. The molecule has 1 N–H and O–H groups in total. The summed E-state index contributed by atoms with van der Waals surface area (Å²) < 4.78 is 42.2. The molecule has 4 rings (SSSR count). The Hall–Kier alpha value is -1.88. The molecule has 2 aromatic rings. The number of hydrogen-bond donors (Lipinski definition) is 1. The Balaban J connectivity index is 1.52. The molecule has 0 bridgehead atoms. The monoisotopic (exact) mass is 529 g/mol. The van der Waals surface area contributed by atoms with E-state index in [-0.39, 0.29) is 31.0 Å². The Bertz CT molecular complexity index is 1110. The number of benzene rings is 2. The van der Waals surface area contributed by atoms with Gasteiger partial charge in [0.15, 0.2) is 20.9 Å². The third-order valence-electron chi connectivity index (χ3n) is 5.91. The first kappa shape index (κ1) is 25.2. The average molecular weight is 530 g/mol. The van der Waals surface area contributed by atoms with Crippen molar-refractivity contribution in [1.29, 1.82) is 0 Å². The number of halogens is 2. The maximum atomic E-state index is 13.7. The van der Waals surface area contributed by atoms with Crippen LogP contribution in [-0.4, -0.2) is 45.2 Å². The van der Waals surface area contributed by atoms with Gasteiger partial charge in [0.2, 0.25) is 0 Å². The second kappa shape index (κ2) is 10.8. The fourth-order valence-corrected chi connectivity index (χ4v) is 6.15. The van der Waals surface area contributed by atoms with E-state index in [2.05, 4.69) is 5.48 Å². The number of nitrogens with one attached hydrogen (secondary N) is 1. The van der Waals surface area contributed by atoms with E-state index < -0.39 is 26.8 Å². The number of carbonyl (C=O) groups is 1. The Morgan fingerprint density at radius 3 is 2.32 bits per heavy atom. The quantitative estimate of drug-likeness (QED) is 0.519. The van der Waals surface area contributed by atoms with E-state index in [1.165, 1.54) is 24.3 Å². The third kappa shape index (κ3) is 5.35. The Kier molecular flexibility index (Phi) is 8.01. The van der Waals surface area contributed by atoms with Crippen LogP contribution in [-0.2, 0) is 28.9 Å². The molecule has 1 atom stereocenters. The van der Waals surface area contributed by atoms with Crippen molar-refractivity contribution in [2.75, 3.05) is 19.8 Å². The van der Waals surface area contributed by atoms with Gasteiger partial charge in [0.1, 0.15) is 11.5 Å². The number of ether oxygens (including phenoxy) is 3. The number of sulfone groups is 1. The van der Waals surface area contributed by atoms with Crippen LogP contribution in [0.1, 0.15) is 32.1 Å². The molecular formula is C23H25Cl2NO7S. The first-order valence-corrected chi connectivity index (χ1v) is 13.2. The Morgan fingerprint density at radius 1 is 0.971 bits per heavy atom. The second-order valence-electron chi connectivity index (χ2n) is 8.10. The smallest absolute Gasteiger partial charge is 0.265 e. The predicted octanol–water partition coefficient (Wildman–Crippen LogP) is 4.68. The fraction of sp³-hybridized carbons (Fsp3) is 0.435. The average Bonchev–Trinajstić information content (AvgIpc) is 2.86. The summed E-state index contributed by atoms with van der Waals surface area (Å²) >= 11 is 11.9. The molecule has 0 radical (unpaired) electrons. The fourth-order valence-electron chi connectivity index (χ4n) is 3.92. The van der Waals surface area contributed by atoms with Crippen molar-refractivity contribution in [1.82, 2.24) is 5.48 Å². The van der Waals surface area contributed by atoms with Crippen molar-refractivity contribution in [3.8, 4) is 11.5 Å². The van der Waals surface area contributed by atoms with Crippen LogP contribution in [0.5, 0.6) is 11.5 Å². The largest absolute Gasteiger partial charge is 0.457 e. The number of amides is 1. The van der Waals surface area contributed by atoms with E-state index in [1.54, 1.807) is 18.2 Å².